The number of rotatable bonds is 6. The number of hydrogen-bond donors (Lipinski definition) is 3. The number of amidine groups is 1. The molecule has 2 aliphatic rings. The number of ether oxygens (including phenoxy) is 2. The van der Waals surface area contributed by atoms with Crippen molar-refractivity contribution in [1.29, 1.82) is 5.41 Å². The maximum Gasteiger partial charge on any atom is 0.416 e. The number of benzene rings is 2. The summed E-state index contributed by atoms with van der Waals surface area (Å²) >= 11 is 0. The molecular formula is C27H31F3N6O4. The summed E-state index contributed by atoms with van der Waals surface area (Å²) in [4.78, 5) is 25.2. The van der Waals surface area contributed by atoms with Gasteiger partial charge in [-0.3, -0.25) is 15.5 Å². The van der Waals surface area contributed by atoms with Crippen molar-refractivity contribution in [3.63, 3.8) is 0 Å². The summed E-state index contributed by atoms with van der Waals surface area (Å²) in [6.45, 7) is 7.00. The molecule has 3 N–H and O–H groups in total. The van der Waals surface area contributed by atoms with Crippen LogP contribution in [0.5, 0.6) is 5.75 Å². The number of anilines is 1. The van der Waals surface area contributed by atoms with Gasteiger partial charge in [-0.1, -0.05) is 29.5 Å². The van der Waals surface area contributed by atoms with Gasteiger partial charge in [0.2, 0.25) is 5.91 Å². The highest BCUT2D eigenvalue weighted by molar-refractivity contribution is 5.97. The molecule has 0 fully saturated rings. The van der Waals surface area contributed by atoms with Crippen LogP contribution < -0.4 is 20.4 Å². The lowest BCUT2D eigenvalue weighted by Gasteiger charge is -2.24. The molecule has 4 rings (SSSR count). The van der Waals surface area contributed by atoms with Crippen LogP contribution in [0.1, 0.15) is 51.2 Å². The highest BCUT2D eigenvalue weighted by atomic mass is 19.4. The average Bonchev–Trinajstić information content (AvgIpc) is 3.43. The fraction of sp³-hybridized carbons (Fsp3) is 0.444. The third kappa shape index (κ3) is 6.52. The highest BCUT2D eigenvalue weighted by Gasteiger charge is 2.40. The Morgan fingerprint density at radius 3 is 2.55 bits per heavy atom. The molecule has 4 atom stereocenters. The molecule has 10 nitrogen and oxygen atoms in total. The number of nitrogens with zero attached hydrogens (tertiary/aromatic N) is 3. The number of amides is 2. The van der Waals surface area contributed by atoms with Gasteiger partial charge in [0.05, 0.1) is 17.3 Å². The first-order valence-corrected chi connectivity index (χ1v) is 12.7. The molecule has 2 aliphatic heterocycles. The van der Waals surface area contributed by atoms with E-state index >= 15 is 0 Å². The average molecular weight is 561 g/mol. The lowest BCUT2D eigenvalue weighted by Crippen LogP contribution is -2.45. The van der Waals surface area contributed by atoms with Crippen molar-refractivity contribution < 1.29 is 32.2 Å². The number of halogens is 3. The van der Waals surface area contributed by atoms with Crippen LogP contribution >= 0.6 is 0 Å². The largest absolute Gasteiger partial charge is 0.482 e. The molecule has 2 aromatic carbocycles. The van der Waals surface area contributed by atoms with Crippen LogP contribution in [0.15, 0.2) is 58.9 Å². The Morgan fingerprint density at radius 1 is 1.12 bits per heavy atom. The Kier molecular flexibility index (Phi) is 8.03. The Bertz CT molecular complexity index is 1310. The number of carbonyl (C=O) groups excluding carboxylic acids is 2. The minimum Gasteiger partial charge on any atom is -0.482 e. The van der Waals surface area contributed by atoms with Gasteiger partial charge in [0.15, 0.2) is 12.1 Å². The number of alkyl carbamates (subject to hydrolysis) is 1. The monoisotopic (exact) mass is 560 g/mol. The molecule has 0 spiro atoms. The summed E-state index contributed by atoms with van der Waals surface area (Å²) in [5, 5.41) is 22.9. The van der Waals surface area contributed by atoms with Crippen LogP contribution in [0.25, 0.3) is 0 Å². The zero-order valence-corrected chi connectivity index (χ0v) is 22.5. The van der Waals surface area contributed by atoms with Crippen molar-refractivity contribution in [3.8, 4) is 5.75 Å². The SMILES string of the molecule is CC1C(C(=O)NCCC2c3ccccc3OC2C(=N)NC(=O)OC(C)(C)C)N=NN1c1cccc(C(F)(F)F)c1. The first-order valence-electron chi connectivity index (χ1n) is 12.7. The highest BCUT2D eigenvalue weighted by Crippen LogP contribution is 2.40. The molecule has 4 unspecified atom stereocenters. The summed E-state index contributed by atoms with van der Waals surface area (Å²) < 4.78 is 50.6. The predicted molar refractivity (Wildman–Crippen MR) is 140 cm³/mol. The Labute approximate surface area is 229 Å². The van der Waals surface area contributed by atoms with Crippen LogP contribution in [0.2, 0.25) is 0 Å². The number of nitrogens with one attached hydrogen (secondary N) is 3. The zero-order valence-electron chi connectivity index (χ0n) is 22.5. The van der Waals surface area contributed by atoms with Crippen LogP contribution in [0.3, 0.4) is 0 Å². The number of fused-ring (bicyclic) bond motifs is 1. The van der Waals surface area contributed by atoms with E-state index in [0.717, 1.165) is 17.7 Å². The molecule has 0 saturated carbocycles. The molecule has 214 valence electrons. The molecule has 2 amide bonds. The van der Waals surface area contributed by atoms with Crippen molar-refractivity contribution in [2.75, 3.05) is 11.6 Å². The van der Waals surface area contributed by atoms with E-state index in [1.54, 1.807) is 39.8 Å². The summed E-state index contributed by atoms with van der Waals surface area (Å²) in [7, 11) is 0. The zero-order chi connectivity index (χ0) is 29.2. The Morgan fingerprint density at radius 2 is 1.85 bits per heavy atom. The standard InChI is InChI=1S/C27H31F3N6O4/c1-15-21(34-35-36(15)17-9-7-8-16(14-17)27(28,29)30)24(37)32-13-12-19-18-10-5-6-11-20(18)39-22(19)23(31)33-25(38)40-26(2,3)4/h5-11,14-15,19,21-22H,12-13H2,1-4H3,(H,32,37)(H2,31,33,38). The van der Waals surface area contributed by atoms with Gasteiger partial charge in [0.1, 0.15) is 17.2 Å². The van der Waals surface area contributed by atoms with E-state index in [0.29, 0.717) is 12.2 Å². The van der Waals surface area contributed by atoms with E-state index in [2.05, 4.69) is 21.0 Å². The van der Waals surface area contributed by atoms with Crippen LogP contribution in [0, 0.1) is 5.41 Å². The van der Waals surface area contributed by atoms with Gasteiger partial charge in [-0.05, 0) is 58.4 Å². The van der Waals surface area contributed by atoms with E-state index < -0.39 is 47.5 Å². The minimum atomic E-state index is -4.51. The van der Waals surface area contributed by atoms with Crippen molar-refractivity contribution in [1.82, 2.24) is 10.6 Å². The fourth-order valence-corrected chi connectivity index (χ4v) is 4.59. The molecule has 2 aromatic rings. The van der Waals surface area contributed by atoms with Crippen molar-refractivity contribution in [2.24, 2.45) is 10.3 Å². The summed E-state index contributed by atoms with van der Waals surface area (Å²) in [5.41, 5.74) is -0.540. The van der Waals surface area contributed by atoms with Crippen LogP contribution in [0.4, 0.5) is 23.7 Å². The second-order valence-electron chi connectivity index (χ2n) is 10.6. The molecule has 0 saturated heterocycles. The van der Waals surface area contributed by atoms with Gasteiger partial charge in [0, 0.05) is 18.0 Å². The van der Waals surface area contributed by atoms with E-state index in [4.69, 9.17) is 14.9 Å². The maximum atomic E-state index is 13.1. The normalized spacial score (nSPS) is 21.9. The first-order chi connectivity index (χ1) is 18.7. The van der Waals surface area contributed by atoms with Gasteiger partial charge in [-0.2, -0.15) is 18.3 Å². The second-order valence-corrected chi connectivity index (χ2v) is 10.6. The van der Waals surface area contributed by atoms with Crippen molar-refractivity contribution >= 4 is 23.5 Å². The number of para-hydroxylation sites is 1. The van der Waals surface area contributed by atoms with Gasteiger partial charge in [-0.15, -0.1) is 0 Å². The first kappa shape index (κ1) is 28.8. The topological polar surface area (TPSA) is 128 Å². The van der Waals surface area contributed by atoms with Gasteiger partial charge < -0.3 is 14.8 Å². The summed E-state index contributed by atoms with van der Waals surface area (Å²) in [5.74, 6) is -0.370. The molecule has 0 radical (unpaired) electrons. The molecule has 0 aliphatic carbocycles. The molecular weight excluding hydrogens is 529 g/mol. The van der Waals surface area contributed by atoms with E-state index in [1.807, 2.05) is 12.1 Å². The number of carbonyl (C=O) groups is 2. The third-order valence-electron chi connectivity index (χ3n) is 6.43. The summed E-state index contributed by atoms with van der Waals surface area (Å²) in [6, 6.07) is 10.4. The van der Waals surface area contributed by atoms with Gasteiger partial charge in [-0.25, -0.2) is 9.80 Å². The van der Waals surface area contributed by atoms with E-state index in [9.17, 15) is 22.8 Å². The van der Waals surface area contributed by atoms with Crippen molar-refractivity contribution in [3.05, 3.63) is 59.7 Å². The second kappa shape index (κ2) is 11.1. The summed E-state index contributed by atoms with van der Waals surface area (Å²) in [6.07, 6.45) is -5.70. The number of hydrogen-bond acceptors (Lipinski definition) is 8. The Hall–Kier alpha value is -4.16. The van der Waals surface area contributed by atoms with Gasteiger partial charge in [0.25, 0.3) is 0 Å². The van der Waals surface area contributed by atoms with Crippen LogP contribution in [-0.2, 0) is 15.7 Å². The lowest BCUT2D eigenvalue weighted by atomic mass is 9.91. The fourth-order valence-electron chi connectivity index (χ4n) is 4.59. The quantitative estimate of drug-likeness (QED) is 0.330. The minimum absolute atomic E-state index is 0.170. The molecule has 13 heteroatoms. The third-order valence-corrected chi connectivity index (χ3v) is 6.43. The van der Waals surface area contributed by atoms with E-state index in [1.165, 1.54) is 17.1 Å². The molecule has 0 bridgehead atoms. The van der Waals surface area contributed by atoms with Crippen molar-refractivity contribution in [2.45, 2.75) is 70.0 Å². The maximum absolute atomic E-state index is 13.1. The lowest BCUT2D eigenvalue weighted by molar-refractivity contribution is -0.137. The number of alkyl halides is 3. The molecule has 0 aromatic heterocycles. The predicted octanol–water partition coefficient (Wildman–Crippen LogP) is 5.20. The van der Waals surface area contributed by atoms with E-state index in [-0.39, 0.29) is 24.0 Å². The van der Waals surface area contributed by atoms with Gasteiger partial charge >= 0.3 is 12.3 Å². The smallest absolute Gasteiger partial charge is 0.416 e. The molecule has 40 heavy (non-hydrogen) atoms. The molecule has 2 heterocycles. The Balaban J connectivity index is 1.37. The van der Waals surface area contributed by atoms with Crippen LogP contribution in [-0.4, -0.2) is 48.2 Å².